The second-order valence-corrected chi connectivity index (χ2v) is 7.28. The Balaban J connectivity index is 1.96. The number of piperazine rings is 1. The van der Waals surface area contributed by atoms with Gasteiger partial charge in [0.05, 0.1) is 6.54 Å². The number of carbonyl (C=O) groups excluding carboxylic acids is 1. The van der Waals surface area contributed by atoms with Gasteiger partial charge in [-0.3, -0.25) is 9.69 Å². The molecule has 1 aromatic rings. The van der Waals surface area contributed by atoms with Gasteiger partial charge < -0.3 is 5.32 Å². The van der Waals surface area contributed by atoms with Gasteiger partial charge in [-0.15, -0.1) is 0 Å². The quantitative estimate of drug-likeness (QED) is 0.769. The third kappa shape index (κ3) is 4.16. The second kappa shape index (κ2) is 7.36. The normalized spacial score (nSPS) is 17.4. The molecule has 0 saturated carbocycles. The zero-order chi connectivity index (χ0) is 16.2. The molecule has 1 aliphatic heterocycles. The summed E-state index contributed by atoms with van der Waals surface area (Å²) in [6, 6.07) is 2.91. The number of hydrogen-bond acceptors (Lipinski definition) is 5. The number of likely N-dealkylation sites (N-methyl/N-ethyl adjacent to an activating group) is 1. The molecule has 1 aromatic heterocycles. The van der Waals surface area contributed by atoms with Gasteiger partial charge >= 0.3 is 0 Å². The van der Waals surface area contributed by atoms with Gasteiger partial charge in [0, 0.05) is 38.9 Å². The number of sulfonamides is 1. The van der Waals surface area contributed by atoms with Crippen LogP contribution in [-0.4, -0.2) is 67.8 Å². The van der Waals surface area contributed by atoms with E-state index >= 15 is 0 Å². The smallest absolute Gasteiger partial charge is 0.244 e. The molecule has 0 aliphatic carbocycles. The third-order valence-electron chi connectivity index (χ3n) is 3.41. The minimum Gasteiger partial charge on any atom is -0.355 e. The molecule has 7 nitrogen and oxygen atoms in total. The van der Waals surface area contributed by atoms with E-state index in [9.17, 15) is 13.2 Å². The minimum absolute atomic E-state index is 0.0410. The zero-order valence-corrected chi connectivity index (χ0v) is 13.9. The molecular weight excluding hydrogens is 328 g/mol. The van der Waals surface area contributed by atoms with E-state index in [1.54, 1.807) is 0 Å². The monoisotopic (exact) mass is 346 g/mol. The van der Waals surface area contributed by atoms with Crippen LogP contribution in [0.3, 0.4) is 0 Å². The van der Waals surface area contributed by atoms with Crippen LogP contribution in [0.1, 0.15) is 6.92 Å². The summed E-state index contributed by atoms with van der Waals surface area (Å²) in [7, 11) is -3.56. The van der Waals surface area contributed by atoms with Crippen LogP contribution in [0.15, 0.2) is 23.2 Å². The lowest BCUT2D eigenvalue weighted by Gasteiger charge is -2.33. The van der Waals surface area contributed by atoms with Gasteiger partial charge in [0.2, 0.25) is 15.9 Å². The number of hydrogen-bond donors (Lipinski definition) is 1. The zero-order valence-electron chi connectivity index (χ0n) is 12.3. The van der Waals surface area contributed by atoms with Crippen molar-refractivity contribution in [1.29, 1.82) is 0 Å². The number of rotatable bonds is 5. The molecule has 1 fully saturated rings. The van der Waals surface area contributed by atoms with E-state index in [1.807, 2.05) is 11.8 Å². The lowest BCUT2D eigenvalue weighted by Crippen LogP contribution is -2.51. The Morgan fingerprint density at radius 3 is 2.55 bits per heavy atom. The van der Waals surface area contributed by atoms with Gasteiger partial charge in [-0.25, -0.2) is 13.4 Å². The number of nitrogens with one attached hydrogen (secondary N) is 1. The highest BCUT2D eigenvalue weighted by Crippen LogP contribution is 2.18. The van der Waals surface area contributed by atoms with Crippen LogP contribution >= 0.6 is 11.6 Å². The highest BCUT2D eigenvalue weighted by Gasteiger charge is 2.29. The maximum Gasteiger partial charge on any atom is 0.244 e. The van der Waals surface area contributed by atoms with Crippen LogP contribution in [0.2, 0.25) is 5.15 Å². The first kappa shape index (κ1) is 17.1. The van der Waals surface area contributed by atoms with E-state index in [-0.39, 0.29) is 16.0 Å². The van der Waals surface area contributed by atoms with Crippen LogP contribution in [0.4, 0.5) is 0 Å². The summed E-state index contributed by atoms with van der Waals surface area (Å²) in [6.45, 7) is 4.51. The molecule has 0 aromatic carbocycles. The SMILES string of the molecule is CCNC(=O)CN1CCN(S(=O)(=O)c2ccc(Cl)nc2)CC1. The Morgan fingerprint density at radius 2 is 2.00 bits per heavy atom. The maximum absolute atomic E-state index is 12.5. The van der Waals surface area contributed by atoms with Crippen molar-refractivity contribution < 1.29 is 13.2 Å². The highest BCUT2D eigenvalue weighted by atomic mass is 35.5. The fourth-order valence-corrected chi connectivity index (χ4v) is 3.73. The fourth-order valence-electron chi connectivity index (χ4n) is 2.25. The van der Waals surface area contributed by atoms with Gasteiger partial charge in [-0.1, -0.05) is 11.6 Å². The van der Waals surface area contributed by atoms with Crippen LogP contribution in [0.25, 0.3) is 0 Å². The molecule has 22 heavy (non-hydrogen) atoms. The van der Waals surface area contributed by atoms with Crippen molar-refractivity contribution in [2.45, 2.75) is 11.8 Å². The first-order chi connectivity index (χ1) is 10.4. The van der Waals surface area contributed by atoms with E-state index in [0.29, 0.717) is 39.3 Å². The first-order valence-electron chi connectivity index (χ1n) is 7.04. The standard InChI is InChI=1S/C13H19ClN4O3S/c1-2-15-13(19)10-17-5-7-18(8-6-17)22(20,21)11-3-4-12(14)16-9-11/h3-4,9H,2,5-8,10H2,1H3,(H,15,19). The predicted molar refractivity (Wildman–Crippen MR) is 83.1 cm³/mol. The molecule has 0 bridgehead atoms. The number of nitrogens with zero attached hydrogens (tertiary/aromatic N) is 3. The number of halogens is 1. The maximum atomic E-state index is 12.5. The average Bonchev–Trinajstić information content (AvgIpc) is 2.48. The summed E-state index contributed by atoms with van der Waals surface area (Å²) in [5.74, 6) is -0.0410. The Hall–Kier alpha value is -1.22. The van der Waals surface area contributed by atoms with Crippen molar-refractivity contribution in [2.75, 3.05) is 39.3 Å². The molecule has 0 spiro atoms. The van der Waals surface area contributed by atoms with Gasteiger partial charge in [0.25, 0.3) is 0 Å². The van der Waals surface area contributed by atoms with Crippen LogP contribution in [0.5, 0.6) is 0 Å². The minimum atomic E-state index is -3.56. The molecule has 1 N–H and O–H groups in total. The molecule has 0 atom stereocenters. The van der Waals surface area contributed by atoms with Gasteiger partial charge in [0.15, 0.2) is 0 Å². The molecule has 1 amide bonds. The summed E-state index contributed by atoms with van der Waals surface area (Å²) < 4.78 is 26.4. The Morgan fingerprint density at radius 1 is 1.32 bits per heavy atom. The molecule has 0 unspecified atom stereocenters. The van der Waals surface area contributed by atoms with Crippen LogP contribution < -0.4 is 5.32 Å². The van der Waals surface area contributed by atoms with E-state index in [4.69, 9.17) is 11.6 Å². The number of carbonyl (C=O) groups is 1. The molecule has 122 valence electrons. The van der Waals surface area contributed by atoms with Gasteiger partial charge in [-0.2, -0.15) is 4.31 Å². The topological polar surface area (TPSA) is 82.6 Å². The van der Waals surface area contributed by atoms with Crippen molar-refractivity contribution in [3.05, 3.63) is 23.5 Å². The Kier molecular flexibility index (Phi) is 5.74. The van der Waals surface area contributed by atoms with Crippen LogP contribution in [-0.2, 0) is 14.8 Å². The van der Waals surface area contributed by atoms with Crippen molar-refractivity contribution in [2.24, 2.45) is 0 Å². The van der Waals surface area contributed by atoms with Crippen molar-refractivity contribution in [3.63, 3.8) is 0 Å². The fraction of sp³-hybridized carbons (Fsp3) is 0.538. The summed E-state index contributed by atoms with van der Waals surface area (Å²) in [6.07, 6.45) is 1.26. The van der Waals surface area contributed by atoms with Crippen molar-refractivity contribution in [1.82, 2.24) is 19.5 Å². The molecule has 2 rings (SSSR count). The number of pyridine rings is 1. The molecular formula is C13H19ClN4O3S. The van der Waals surface area contributed by atoms with E-state index in [0.717, 1.165) is 0 Å². The van der Waals surface area contributed by atoms with E-state index < -0.39 is 10.0 Å². The van der Waals surface area contributed by atoms with Gasteiger partial charge in [-0.05, 0) is 19.1 Å². The first-order valence-corrected chi connectivity index (χ1v) is 8.86. The van der Waals surface area contributed by atoms with Crippen molar-refractivity contribution >= 4 is 27.5 Å². The van der Waals surface area contributed by atoms with Crippen molar-refractivity contribution in [3.8, 4) is 0 Å². The lowest BCUT2D eigenvalue weighted by atomic mass is 10.3. The summed E-state index contributed by atoms with van der Waals surface area (Å²) in [5, 5.41) is 2.99. The summed E-state index contributed by atoms with van der Waals surface area (Å²) in [5.41, 5.74) is 0. The van der Waals surface area contributed by atoms with E-state index in [2.05, 4.69) is 10.3 Å². The second-order valence-electron chi connectivity index (χ2n) is 4.95. The molecule has 1 aliphatic rings. The highest BCUT2D eigenvalue weighted by molar-refractivity contribution is 7.89. The Labute approximate surface area is 135 Å². The lowest BCUT2D eigenvalue weighted by molar-refractivity contribution is -0.122. The number of aromatic nitrogens is 1. The predicted octanol–water partition coefficient (Wildman–Crippen LogP) is 0.177. The molecule has 9 heteroatoms. The molecule has 2 heterocycles. The third-order valence-corrected chi connectivity index (χ3v) is 5.52. The van der Waals surface area contributed by atoms with Crippen LogP contribution in [0, 0.1) is 0 Å². The average molecular weight is 347 g/mol. The van der Waals surface area contributed by atoms with E-state index in [1.165, 1.54) is 22.6 Å². The molecule has 0 radical (unpaired) electrons. The Bertz CT molecular complexity index is 613. The largest absolute Gasteiger partial charge is 0.355 e. The van der Waals surface area contributed by atoms with Gasteiger partial charge in [0.1, 0.15) is 10.0 Å². The summed E-state index contributed by atoms with van der Waals surface area (Å²) in [4.78, 5) is 17.4. The number of amides is 1. The molecule has 1 saturated heterocycles. The summed E-state index contributed by atoms with van der Waals surface area (Å²) >= 11 is 5.68.